The molecule has 1 aromatic heterocycles. The van der Waals surface area contributed by atoms with Gasteiger partial charge < -0.3 is 5.32 Å². The van der Waals surface area contributed by atoms with Crippen molar-refractivity contribution in [1.29, 1.82) is 0 Å². The highest BCUT2D eigenvalue weighted by molar-refractivity contribution is 9.10. The molecule has 0 bridgehead atoms. The van der Waals surface area contributed by atoms with E-state index in [9.17, 15) is 4.79 Å². The topological polar surface area (TPSA) is 57.8 Å². The number of nitrogens with zero attached hydrogens (tertiary/aromatic N) is 1. The van der Waals surface area contributed by atoms with E-state index < -0.39 is 0 Å². The first kappa shape index (κ1) is 12.7. The minimum atomic E-state index is -0.00713. The van der Waals surface area contributed by atoms with Crippen LogP contribution in [0.3, 0.4) is 0 Å². The number of halogens is 1. The molecule has 1 aliphatic rings. The molecule has 1 atom stereocenters. The molecule has 0 aliphatic carbocycles. The maximum atomic E-state index is 11.7. The van der Waals surface area contributed by atoms with Crippen molar-refractivity contribution in [1.82, 2.24) is 10.2 Å². The molecule has 0 saturated carbocycles. The van der Waals surface area contributed by atoms with Crippen LogP contribution in [0.25, 0.3) is 0 Å². The Kier molecular flexibility index (Phi) is 3.36. The molecular formula is C13H12BrN3OS. The fourth-order valence-electron chi connectivity index (χ4n) is 2.20. The summed E-state index contributed by atoms with van der Waals surface area (Å²) < 4.78 is 1.05. The van der Waals surface area contributed by atoms with Gasteiger partial charge in [-0.05, 0) is 18.6 Å². The van der Waals surface area contributed by atoms with E-state index in [4.69, 9.17) is 0 Å². The van der Waals surface area contributed by atoms with Crippen molar-refractivity contribution < 1.29 is 4.79 Å². The van der Waals surface area contributed by atoms with Crippen LogP contribution in [0, 0.1) is 6.92 Å². The number of rotatable bonds is 1. The largest absolute Gasteiger partial charge is 0.308 e. The smallest absolute Gasteiger partial charge is 0.235 e. The zero-order chi connectivity index (χ0) is 13.4. The summed E-state index contributed by atoms with van der Waals surface area (Å²) >= 11 is 5.21. The molecular weight excluding hydrogens is 326 g/mol. The summed E-state index contributed by atoms with van der Waals surface area (Å²) in [5.74, 6) is 1.07. The third-order valence-corrected chi connectivity index (χ3v) is 5.06. The van der Waals surface area contributed by atoms with Crippen molar-refractivity contribution in [2.24, 2.45) is 0 Å². The van der Waals surface area contributed by atoms with Crippen LogP contribution in [-0.2, 0) is 4.79 Å². The summed E-state index contributed by atoms with van der Waals surface area (Å²) in [6, 6.07) is 8.09. The van der Waals surface area contributed by atoms with E-state index in [0.717, 1.165) is 21.3 Å². The Morgan fingerprint density at radius 1 is 1.42 bits per heavy atom. The molecule has 1 amide bonds. The summed E-state index contributed by atoms with van der Waals surface area (Å²) in [7, 11) is 0. The molecule has 0 unspecified atom stereocenters. The molecule has 6 heteroatoms. The van der Waals surface area contributed by atoms with Crippen LogP contribution in [0.2, 0.25) is 0 Å². The van der Waals surface area contributed by atoms with E-state index in [0.29, 0.717) is 11.6 Å². The lowest BCUT2D eigenvalue weighted by Gasteiger charge is -2.16. The van der Waals surface area contributed by atoms with Gasteiger partial charge in [0.1, 0.15) is 0 Å². The van der Waals surface area contributed by atoms with Gasteiger partial charge in [0.25, 0.3) is 0 Å². The highest BCUT2D eigenvalue weighted by Gasteiger charge is 2.28. The lowest BCUT2D eigenvalue weighted by atomic mass is 10.0. The van der Waals surface area contributed by atoms with Crippen LogP contribution in [0.1, 0.15) is 22.1 Å². The average molecular weight is 338 g/mol. The summed E-state index contributed by atoms with van der Waals surface area (Å²) in [4.78, 5) is 11.7. The normalized spacial score (nSPS) is 18.6. The Balaban J connectivity index is 2.14. The van der Waals surface area contributed by atoms with Crippen molar-refractivity contribution >= 4 is 39.4 Å². The number of fused-ring (bicyclic) bond motifs is 1. The number of aromatic nitrogens is 2. The molecule has 1 aliphatic heterocycles. The van der Waals surface area contributed by atoms with Gasteiger partial charge in [0, 0.05) is 15.7 Å². The second-order valence-electron chi connectivity index (χ2n) is 4.37. The highest BCUT2D eigenvalue weighted by Crippen LogP contribution is 2.44. The fraction of sp³-hybridized carbons (Fsp3) is 0.231. The van der Waals surface area contributed by atoms with E-state index in [1.165, 1.54) is 0 Å². The van der Waals surface area contributed by atoms with E-state index >= 15 is 0 Å². The minimum Gasteiger partial charge on any atom is -0.308 e. The Bertz CT molecular complexity index is 641. The zero-order valence-electron chi connectivity index (χ0n) is 10.2. The first-order valence-electron chi connectivity index (χ1n) is 5.87. The van der Waals surface area contributed by atoms with E-state index in [1.807, 2.05) is 25.1 Å². The second-order valence-corrected chi connectivity index (χ2v) is 6.32. The van der Waals surface area contributed by atoms with Crippen LogP contribution < -0.4 is 5.32 Å². The molecule has 0 fully saturated rings. The number of anilines is 1. The lowest BCUT2D eigenvalue weighted by Crippen LogP contribution is -2.12. The number of aryl methyl sites for hydroxylation is 1. The number of H-pyrrole nitrogens is 1. The highest BCUT2D eigenvalue weighted by atomic mass is 79.9. The second kappa shape index (κ2) is 5.02. The van der Waals surface area contributed by atoms with Gasteiger partial charge in [0.05, 0.1) is 11.0 Å². The van der Waals surface area contributed by atoms with E-state index in [2.05, 4.69) is 37.5 Å². The molecule has 0 spiro atoms. The number of aromatic amines is 1. The van der Waals surface area contributed by atoms with Gasteiger partial charge in [0.15, 0.2) is 5.82 Å². The Morgan fingerprint density at radius 3 is 3.00 bits per heavy atom. The predicted octanol–water partition coefficient (Wildman–Crippen LogP) is 3.26. The third-order valence-electron chi connectivity index (χ3n) is 3.08. The molecule has 2 heterocycles. The predicted molar refractivity (Wildman–Crippen MR) is 80.4 cm³/mol. The number of hydrogen-bond acceptors (Lipinski definition) is 3. The quantitative estimate of drug-likeness (QED) is 0.839. The third kappa shape index (κ3) is 2.30. The Morgan fingerprint density at radius 2 is 2.21 bits per heavy atom. The summed E-state index contributed by atoms with van der Waals surface area (Å²) in [6.45, 7) is 1.98. The standard InChI is InChI=1S/C13H12BrN3OS/c1-7-11-12(8-4-2-3-5-9(8)14)19-6-10(18)15-13(11)17-16-7/h2-5,12H,6H2,1H3,(H2,15,16,17,18)/t12-/m0/s1. The molecule has 2 aromatic rings. The van der Waals surface area contributed by atoms with Crippen LogP contribution in [0.5, 0.6) is 0 Å². The number of carbonyl (C=O) groups excluding carboxylic acids is 1. The number of amides is 1. The monoisotopic (exact) mass is 337 g/mol. The van der Waals surface area contributed by atoms with Gasteiger partial charge in [-0.15, -0.1) is 11.8 Å². The van der Waals surface area contributed by atoms with Crippen molar-refractivity contribution in [2.75, 3.05) is 11.1 Å². The number of thioether (sulfide) groups is 1. The van der Waals surface area contributed by atoms with Gasteiger partial charge in [0.2, 0.25) is 5.91 Å². The van der Waals surface area contributed by atoms with Crippen molar-refractivity contribution in [2.45, 2.75) is 12.2 Å². The van der Waals surface area contributed by atoms with Gasteiger partial charge in [-0.25, -0.2) is 0 Å². The van der Waals surface area contributed by atoms with E-state index in [1.54, 1.807) is 11.8 Å². The number of nitrogens with one attached hydrogen (secondary N) is 2. The first-order chi connectivity index (χ1) is 9.16. The average Bonchev–Trinajstić information content (AvgIpc) is 2.65. The van der Waals surface area contributed by atoms with Crippen LogP contribution >= 0.6 is 27.7 Å². The summed E-state index contributed by atoms with van der Waals surface area (Å²) in [5, 5.41) is 10.1. The van der Waals surface area contributed by atoms with Gasteiger partial charge >= 0.3 is 0 Å². The van der Waals surface area contributed by atoms with Crippen molar-refractivity contribution in [3.05, 3.63) is 45.6 Å². The number of carbonyl (C=O) groups is 1. The van der Waals surface area contributed by atoms with Crippen molar-refractivity contribution in [3.8, 4) is 0 Å². The van der Waals surface area contributed by atoms with Crippen LogP contribution in [-0.4, -0.2) is 21.9 Å². The molecule has 19 heavy (non-hydrogen) atoms. The fourth-order valence-corrected chi connectivity index (χ4v) is 4.09. The van der Waals surface area contributed by atoms with Gasteiger partial charge in [-0.2, -0.15) is 5.10 Å². The Hall–Kier alpha value is -1.27. The summed E-state index contributed by atoms with van der Waals surface area (Å²) in [6.07, 6.45) is 0. The van der Waals surface area contributed by atoms with Crippen LogP contribution in [0.4, 0.5) is 5.82 Å². The molecule has 1 aromatic carbocycles. The maximum absolute atomic E-state index is 11.7. The SMILES string of the molecule is Cc1[nH]nc2c1[C@H](c1ccccc1Br)SCC(=O)N2. The van der Waals surface area contributed by atoms with Crippen LogP contribution in [0.15, 0.2) is 28.7 Å². The molecule has 98 valence electrons. The first-order valence-corrected chi connectivity index (χ1v) is 7.71. The molecule has 2 N–H and O–H groups in total. The lowest BCUT2D eigenvalue weighted by molar-refractivity contribution is -0.113. The number of hydrogen-bond donors (Lipinski definition) is 2. The summed E-state index contributed by atoms with van der Waals surface area (Å²) in [5.41, 5.74) is 3.21. The van der Waals surface area contributed by atoms with Gasteiger partial charge in [-0.1, -0.05) is 34.1 Å². The maximum Gasteiger partial charge on any atom is 0.235 e. The number of benzene rings is 1. The zero-order valence-corrected chi connectivity index (χ0v) is 12.6. The Labute approximate surface area is 123 Å². The van der Waals surface area contributed by atoms with Gasteiger partial charge in [-0.3, -0.25) is 9.89 Å². The van der Waals surface area contributed by atoms with E-state index in [-0.39, 0.29) is 11.2 Å². The molecule has 3 rings (SSSR count). The molecule has 0 radical (unpaired) electrons. The van der Waals surface area contributed by atoms with Crippen molar-refractivity contribution in [3.63, 3.8) is 0 Å². The molecule has 4 nitrogen and oxygen atoms in total. The molecule has 0 saturated heterocycles. The minimum absolute atomic E-state index is 0.00713.